The average molecular weight is 261 g/mol. The van der Waals surface area contributed by atoms with Crippen LogP contribution in [0.5, 0.6) is 0 Å². The van der Waals surface area contributed by atoms with E-state index in [0.29, 0.717) is 14.0 Å². The Balaban J connectivity index is 0.000000223. The summed E-state index contributed by atoms with van der Waals surface area (Å²) in [4.78, 5) is 28.7. The predicted octanol–water partition coefficient (Wildman–Crippen LogP) is 0.862. The minimum Gasteiger partial charge on any atom is -0.0623 e. The van der Waals surface area contributed by atoms with Crippen molar-refractivity contribution in [2.45, 2.75) is 0 Å². The molecule has 0 aromatic heterocycles. The van der Waals surface area contributed by atoms with E-state index in [1.165, 1.54) is 0 Å². The first kappa shape index (κ1) is 11.9. The van der Waals surface area contributed by atoms with Crippen LogP contribution in [0.25, 0.3) is 0 Å². The summed E-state index contributed by atoms with van der Waals surface area (Å²) in [5.41, 5.74) is 0. The van der Waals surface area contributed by atoms with E-state index in [1.807, 2.05) is 36.4 Å². The van der Waals surface area contributed by atoms with Crippen LogP contribution >= 0.6 is 0 Å². The molecule has 0 radical (unpaired) electrons. The molecule has 0 spiro atoms. The molecule has 0 saturated carbocycles. The minimum atomic E-state index is -2.47. The second kappa shape index (κ2) is 9.01. The van der Waals surface area contributed by atoms with Gasteiger partial charge in [-0.05, 0) is 0 Å². The molecule has 1 aromatic rings. The van der Waals surface area contributed by atoms with Crippen LogP contribution in [-0.2, 0) is 31.7 Å². The van der Waals surface area contributed by atoms with Gasteiger partial charge in [-0.2, -0.15) is 0 Å². The Bertz CT molecular complexity index is 203. The standard InChI is InChI=1S/C6H6.3CHO.Mo/c1-2-4-6-5-3-1;3*1-2;/h1-6H;3*1H;. The maximum atomic E-state index is 9.58. The Hall–Kier alpha value is -1.08. The molecule has 1 aromatic carbocycles. The van der Waals surface area contributed by atoms with E-state index >= 15 is 0 Å². The summed E-state index contributed by atoms with van der Waals surface area (Å²) in [5, 5.41) is 0. The van der Waals surface area contributed by atoms with Crippen molar-refractivity contribution in [1.82, 2.24) is 0 Å². The average Bonchev–Trinajstić information content (AvgIpc) is 2.24. The summed E-state index contributed by atoms with van der Waals surface area (Å²) < 4.78 is 1.38. The second-order valence-electron chi connectivity index (χ2n) is 1.85. The first-order valence-electron chi connectivity index (χ1n) is 3.41. The molecule has 0 saturated heterocycles. The molecule has 0 aliphatic carbocycles. The molecule has 0 unspecified atom stereocenters. The summed E-state index contributed by atoms with van der Waals surface area (Å²) in [6, 6.07) is 12.0. The van der Waals surface area contributed by atoms with Crippen molar-refractivity contribution in [3.8, 4) is 0 Å². The summed E-state index contributed by atoms with van der Waals surface area (Å²) in [5.74, 6) is 0. The van der Waals surface area contributed by atoms with Gasteiger partial charge in [0.2, 0.25) is 0 Å². The van der Waals surface area contributed by atoms with Crippen LogP contribution in [0.1, 0.15) is 0 Å². The molecule has 0 N–H and O–H groups in total. The third-order valence-corrected chi connectivity index (χ3v) is 2.64. The Kier molecular flexibility index (Phi) is 8.26. The van der Waals surface area contributed by atoms with Crippen molar-refractivity contribution in [3.63, 3.8) is 0 Å². The Morgan fingerprint density at radius 2 is 0.846 bits per heavy atom. The van der Waals surface area contributed by atoms with Gasteiger partial charge in [0.05, 0.1) is 0 Å². The van der Waals surface area contributed by atoms with Gasteiger partial charge in [-0.3, -0.25) is 0 Å². The number of rotatable bonds is 3. The van der Waals surface area contributed by atoms with Gasteiger partial charge in [0, 0.05) is 0 Å². The number of carbonyl (C=O) groups is 3. The van der Waals surface area contributed by atoms with Crippen LogP contribution in [0.3, 0.4) is 0 Å². The Morgan fingerprint density at radius 1 is 0.615 bits per heavy atom. The van der Waals surface area contributed by atoms with E-state index in [-0.39, 0.29) is 0 Å². The SMILES string of the molecule is O=[CH][Mo]([CH]=O)[CH]=O.c1ccccc1. The molecular formula is C9H9MoO3. The van der Waals surface area contributed by atoms with Crippen LogP contribution in [0.15, 0.2) is 36.4 Å². The fraction of sp³-hybridized carbons (Fsp3) is 0. The molecule has 0 fully saturated rings. The van der Waals surface area contributed by atoms with E-state index in [0.717, 1.165) is 0 Å². The first-order valence-corrected chi connectivity index (χ1v) is 6.89. The normalized spacial score (nSPS) is 8.08. The maximum Gasteiger partial charge on any atom is -0.0623 e. The molecule has 0 aliphatic rings. The third-order valence-electron chi connectivity index (χ3n) is 1.00. The van der Waals surface area contributed by atoms with E-state index in [2.05, 4.69) is 0 Å². The van der Waals surface area contributed by atoms with E-state index in [9.17, 15) is 14.4 Å². The monoisotopic (exact) mass is 263 g/mol. The van der Waals surface area contributed by atoms with Gasteiger partial charge < -0.3 is 0 Å². The smallest absolute Gasteiger partial charge is 0.0623 e. The third kappa shape index (κ3) is 7.28. The van der Waals surface area contributed by atoms with Gasteiger partial charge in [-0.25, -0.2) is 0 Å². The van der Waals surface area contributed by atoms with Crippen molar-refractivity contribution in [1.29, 1.82) is 0 Å². The molecule has 0 aliphatic heterocycles. The van der Waals surface area contributed by atoms with Gasteiger partial charge in [0.15, 0.2) is 0 Å². The fourth-order valence-electron chi connectivity index (χ4n) is 0.453. The molecule has 3 nitrogen and oxygen atoms in total. The molecule has 13 heavy (non-hydrogen) atoms. The van der Waals surface area contributed by atoms with Gasteiger partial charge >= 0.3 is 45.7 Å². The van der Waals surface area contributed by atoms with Crippen molar-refractivity contribution < 1.29 is 31.7 Å². The molecule has 0 heterocycles. The van der Waals surface area contributed by atoms with Crippen molar-refractivity contribution in [3.05, 3.63) is 36.4 Å². The maximum absolute atomic E-state index is 9.58. The number of benzene rings is 1. The van der Waals surface area contributed by atoms with E-state index < -0.39 is 17.3 Å². The second-order valence-corrected chi connectivity index (χ2v) is 5.28. The number of hydrogen-bond acceptors (Lipinski definition) is 3. The zero-order valence-corrected chi connectivity index (χ0v) is 8.84. The van der Waals surface area contributed by atoms with Gasteiger partial charge in [-0.1, -0.05) is 36.4 Å². The summed E-state index contributed by atoms with van der Waals surface area (Å²) in [7, 11) is 0. The molecule has 4 heteroatoms. The van der Waals surface area contributed by atoms with Crippen LogP contribution in [0.4, 0.5) is 0 Å². The molecule has 0 bridgehead atoms. The van der Waals surface area contributed by atoms with Gasteiger partial charge in [-0.15, -0.1) is 0 Å². The zero-order valence-electron chi connectivity index (χ0n) is 6.83. The molecule has 0 amide bonds. The first-order chi connectivity index (χ1) is 6.35. The molecular weight excluding hydrogens is 252 g/mol. The van der Waals surface area contributed by atoms with Gasteiger partial charge in [0.25, 0.3) is 0 Å². The minimum absolute atomic E-state index is 0.462. The molecule has 0 atom stereocenters. The molecule has 69 valence electrons. The zero-order chi connectivity index (χ0) is 9.94. The van der Waals surface area contributed by atoms with Crippen LogP contribution in [0, 0.1) is 0 Å². The summed E-state index contributed by atoms with van der Waals surface area (Å²) >= 11 is -2.47. The number of carbonyl (C=O) groups excluding carboxylic acids is 3. The van der Waals surface area contributed by atoms with E-state index in [1.54, 1.807) is 0 Å². The largest absolute Gasteiger partial charge is 0.0623 e. The predicted molar refractivity (Wildman–Crippen MR) is 46.7 cm³/mol. The van der Waals surface area contributed by atoms with Crippen LogP contribution in [-0.4, -0.2) is 14.0 Å². The topological polar surface area (TPSA) is 51.2 Å². The van der Waals surface area contributed by atoms with Crippen molar-refractivity contribution in [2.24, 2.45) is 0 Å². The van der Waals surface area contributed by atoms with Gasteiger partial charge in [0.1, 0.15) is 0 Å². The van der Waals surface area contributed by atoms with E-state index in [4.69, 9.17) is 0 Å². The Morgan fingerprint density at radius 3 is 0.923 bits per heavy atom. The quantitative estimate of drug-likeness (QED) is 0.599. The van der Waals surface area contributed by atoms with Crippen molar-refractivity contribution in [2.75, 3.05) is 0 Å². The molecule has 1 rings (SSSR count). The Labute approximate surface area is 82.3 Å². The summed E-state index contributed by atoms with van der Waals surface area (Å²) in [6.45, 7) is 0. The fourth-order valence-corrected chi connectivity index (χ4v) is 0.787. The van der Waals surface area contributed by atoms with Crippen molar-refractivity contribution >= 4 is 14.0 Å². The van der Waals surface area contributed by atoms with Crippen LogP contribution in [0.2, 0.25) is 0 Å². The number of hydrogen-bond donors (Lipinski definition) is 0. The summed E-state index contributed by atoms with van der Waals surface area (Å²) in [6.07, 6.45) is 0. The van der Waals surface area contributed by atoms with Crippen LogP contribution < -0.4 is 0 Å².